The first-order valence-electron chi connectivity index (χ1n) is 17.5. The number of carbonyl (C=O) groups excluding carboxylic acids is 3. The average molecular weight is 797 g/mol. The fourth-order valence-corrected chi connectivity index (χ4v) is 4.93. The molecule has 58 heavy (non-hydrogen) atoms. The Kier molecular flexibility index (Phi) is 14.6. The Balaban J connectivity index is 0.000000245. The molecule has 3 amide bonds. The summed E-state index contributed by atoms with van der Waals surface area (Å²) >= 11 is 0. The number of halogens is 3. The highest BCUT2D eigenvalue weighted by Crippen LogP contribution is 2.28. The number of aromatic nitrogens is 4. The van der Waals surface area contributed by atoms with Crippen molar-refractivity contribution in [3.63, 3.8) is 0 Å². The minimum Gasteiger partial charge on any atom is -0.478 e. The third-order valence-electron chi connectivity index (χ3n) is 7.51. The zero-order valence-electron chi connectivity index (χ0n) is 31.5. The van der Waals surface area contributed by atoms with Crippen LogP contribution in [0.15, 0.2) is 110 Å². The van der Waals surface area contributed by atoms with Gasteiger partial charge < -0.3 is 43.2 Å². The Morgan fingerprint density at radius 3 is 1.41 bits per heavy atom. The van der Waals surface area contributed by atoms with Crippen molar-refractivity contribution in [2.24, 2.45) is 11.5 Å². The van der Waals surface area contributed by atoms with Crippen LogP contribution in [-0.4, -0.2) is 62.4 Å². The maximum absolute atomic E-state index is 13.1. The van der Waals surface area contributed by atoms with Gasteiger partial charge in [0, 0.05) is 31.1 Å². The molecule has 298 valence electrons. The summed E-state index contributed by atoms with van der Waals surface area (Å²) in [5.74, 6) is -2.37. The highest BCUT2D eigenvalue weighted by Gasteiger charge is 2.17. The van der Waals surface area contributed by atoms with Crippen molar-refractivity contribution < 1.29 is 38.8 Å². The second-order valence-electron chi connectivity index (χ2n) is 11.4. The quantitative estimate of drug-likeness (QED) is 0.0627. The number of nitrogens with zero attached hydrogens (tertiary/aromatic N) is 4. The van der Waals surface area contributed by atoms with Crippen molar-refractivity contribution in [3.05, 3.63) is 144 Å². The first kappa shape index (κ1) is 41.1. The second-order valence-corrected chi connectivity index (χ2v) is 11.4. The van der Waals surface area contributed by atoms with E-state index in [4.69, 9.17) is 12.8 Å². The normalized spacial score (nSPS) is 10.2. The summed E-state index contributed by atoms with van der Waals surface area (Å²) in [5, 5.41) is 23.9. The van der Waals surface area contributed by atoms with Crippen LogP contribution >= 0.6 is 0 Å². The van der Waals surface area contributed by atoms with Crippen molar-refractivity contribution in [3.8, 4) is 0 Å². The van der Waals surface area contributed by atoms with Crippen molar-refractivity contribution in [2.45, 2.75) is 6.92 Å². The molecule has 0 aliphatic heterocycles. The molecule has 4 aromatic heterocycles. The summed E-state index contributed by atoms with van der Waals surface area (Å²) in [6.07, 6.45) is 4.67. The van der Waals surface area contributed by atoms with Crippen LogP contribution in [0, 0.1) is 11.6 Å². The number of anilines is 8. The molecule has 10 N–H and O–H groups in total. The van der Waals surface area contributed by atoms with Gasteiger partial charge >= 0.3 is 5.97 Å². The number of carboxylic acid groups (broad SMARTS) is 1. The number of carboxylic acids is 1. The molecule has 0 unspecified atom stereocenters. The van der Waals surface area contributed by atoms with Gasteiger partial charge in [-0.25, -0.2) is 33.5 Å². The predicted molar refractivity (Wildman–Crippen MR) is 212 cm³/mol. The number of nitrogens with one attached hydrogen (secondary N) is 5. The van der Waals surface area contributed by atoms with E-state index in [0.717, 1.165) is 18.6 Å². The number of hydrogen-bond donors (Lipinski definition) is 8. The zero-order chi connectivity index (χ0) is 42.9. The van der Waals surface area contributed by atoms with Gasteiger partial charge in [0.1, 0.15) is 40.5 Å². The van der Waals surface area contributed by atoms with E-state index < -0.39 is 36.6 Å². The number of pyridine rings is 4. The van der Waals surface area contributed by atoms with Crippen LogP contribution < -0.4 is 38.1 Å². The van der Waals surface area contributed by atoms with Gasteiger partial charge in [-0.1, -0.05) is 24.3 Å². The predicted octanol–water partition coefficient (Wildman–Crippen LogP) is 6.44. The van der Waals surface area contributed by atoms with Crippen molar-refractivity contribution in [1.29, 1.82) is 0 Å². The molecule has 0 spiro atoms. The van der Waals surface area contributed by atoms with E-state index in [-0.39, 0.29) is 39.7 Å². The van der Waals surface area contributed by atoms with E-state index in [2.05, 4.69) is 46.5 Å². The summed E-state index contributed by atoms with van der Waals surface area (Å²) in [6.45, 7) is 2.24. The molecule has 0 aliphatic carbocycles. The van der Waals surface area contributed by atoms with E-state index in [1.807, 2.05) is 0 Å². The highest BCUT2D eigenvalue weighted by atomic mass is 19.1. The lowest BCUT2D eigenvalue weighted by atomic mass is 10.1. The Bertz CT molecular complexity index is 2410. The topological polar surface area (TPSA) is 252 Å². The lowest BCUT2D eigenvalue weighted by Gasteiger charge is -2.15. The van der Waals surface area contributed by atoms with Crippen molar-refractivity contribution >= 4 is 69.7 Å². The van der Waals surface area contributed by atoms with Gasteiger partial charge in [-0.3, -0.25) is 18.8 Å². The second kappa shape index (κ2) is 20.6. The molecule has 4 heterocycles. The molecule has 19 heteroatoms. The Morgan fingerprint density at radius 1 is 0.603 bits per heavy atom. The van der Waals surface area contributed by atoms with Gasteiger partial charge in [-0.05, 0) is 55.5 Å². The minimum atomic E-state index is -1.20. The standard InChI is InChI=1S/C20H19FN6O2.C18H14FN5O3.CH3F/c1-2-23-20(29)14-11-25-18(27-17-8-7-12(21)10-24-17)9-16(14)26-15-6-4-3-5-13(15)19(22)28;19-10-5-6-15(21-8-10)24-16-7-14(12(9-22-16)18(26)27)23-13-4-2-1-3-11(13)17(20)25;1-2/h3-11H,2H2,1H3,(H2,22,28)(H,23,29)(H2,24,25,26,27);1-9H,(H2,20,25)(H,26,27)(H2,21,22,23,24);1H3/i;;1D. The van der Waals surface area contributed by atoms with E-state index in [1.54, 1.807) is 55.5 Å². The Hall–Kier alpha value is -8.09. The maximum atomic E-state index is 13.1. The van der Waals surface area contributed by atoms with Crippen LogP contribution in [0.2, 0.25) is 0 Å². The fourth-order valence-electron chi connectivity index (χ4n) is 4.93. The lowest BCUT2D eigenvalue weighted by molar-refractivity contribution is 0.0696. The molecule has 2 aromatic carbocycles. The van der Waals surface area contributed by atoms with E-state index in [1.165, 1.54) is 42.6 Å². The number of rotatable bonds is 13. The first-order valence-corrected chi connectivity index (χ1v) is 16.8. The first-order chi connectivity index (χ1) is 28.3. The summed E-state index contributed by atoms with van der Waals surface area (Å²) < 4.78 is 41.5. The number of para-hydroxylation sites is 2. The van der Waals surface area contributed by atoms with Crippen LogP contribution in [0.3, 0.4) is 0 Å². The molecule has 6 aromatic rings. The number of benzene rings is 2. The van der Waals surface area contributed by atoms with E-state index in [0.29, 0.717) is 41.1 Å². The number of aromatic carboxylic acids is 1. The summed E-state index contributed by atoms with van der Waals surface area (Å²) in [5.41, 5.74) is 12.8. The van der Waals surface area contributed by atoms with Gasteiger partial charge in [-0.15, -0.1) is 0 Å². The molecule has 0 fully saturated rings. The molecule has 16 nitrogen and oxygen atoms in total. The fraction of sp³-hybridized carbons (Fsp3) is 0.0769. The maximum Gasteiger partial charge on any atom is 0.339 e. The summed E-state index contributed by atoms with van der Waals surface area (Å²) in [7, 11) is -1.00. The van der Waals surface area contributed by atoms with Crippen LogP contribution in [0.25, 0.3) is 0 Å². The van der Waals surface area contributed by atoms with E-state index >= 15 is 0 Å². The summed E-state index contributed by atoms with van der Waals surface area (Å²) in [6, 6.07) is 21.5. The van der Waals surface area contributed by atoms with Crippen LogP contribution in [0.1, 0.15) is 49.7 Å². The minimum absolute atomic E-state index is 0.105. The van der Waals surface area contributed by atoms with Gasteiger partial charge in [0.2, 0.25) is 0 Å². The van der Waals surface area contributed by atoms with Gasteiger partial charge in [0.15, 0.2) is 0 Å². The smallest absolute Gasteiger partial charge is 0.339 e. The molecule has 0 bridgehead atoms. The average Bonchev–Trinajstić information content (AvgIpc) is 3.21. The van der Waals surface area contributed by atoms with Crippen LogP contribution in [0.5, 0.6) is 0 Å². The number of alkyl halides is 1. The molecule has 0 radical (unpaired) electrons. The van der Waals surface area contributed by atoms with E-state index in [9.17, 15) is 37.5 Å². The zero-order valence-corrected chi connectivity index (χ0v) is 30.5. The van der Waals surface area contributed by atoms with Crippen LogP contribution in [0.4, 0.5) is 59.2 Å². The summed E-state index contributed by atoms with van der Waals surface area (Å²) in [4.78, 5) is 63.2. The number of amides is 3. The molecule has 0 saturated carbocycles. The SMILES string of the molecule is CCNC(=O)c1cnc(Nc2ccc(F)cn2)cc1Nc1ccccc1C(N)=O.NC(=O)c1ccccc1Nc1cc(Nc2ccc(F)cn2)ncc1C(=O)O.[2H]CF. The molecule has 6 rings (SSSR count). The highest BCUT2D eigenvalue weighted by molar-refractivity contribution is 6.03. The molecule has 0 saturated heterocycles. The van der Waals surface area contributed by atoms with Crippen molar-refractivity contribution in [1.82, 2.24) is 25.3 Å². The Labute approximate surface area is 330 Å². The van der Waals surface area contributed by atoms with Gasteiger partial charge in [-0.2, -0.15) is 0 Å². The molecular weight excluding hydrogens is 759 g/mol. The van der Waals surface area contributed by atoms with Crippen molar-refractivity contribution in [2.75, 3.05) is 35.0 Å². The Morgan fingerprint density at radius 2 is 1.02 bits per heavy atom. The number of nitrogens with two attached hydrogens (primary N) is 2. The number of primary amides is 2. The monoisotopic (exact) mass is 796 g/mol. The number of hydrogen-bond acceptors (Lipinski definition) is 12. The molecule has 0 aliphatic rings. The molecular formula is C39H36F3N11O5. The van der Waals surface area contributed by atoms with Crippen LogP contribution in [-0.2, 0) is 0 Å². The molecule has 0 atom stereocenters. The third-order valence-corrected chi connectivity index (χ3v) is 7.51. The number of carbonyl (C=O) groups is 4. The van der Waals surface area contributed by atoms with Gasteiger partial charge in [0.25, 0.3) is 17.7 Å². The largest absolute Gasteiger partial charge is 0.478 e. The lowest BCUT2D eigenvalue weighted by Crippen LogP contribution is -2.24. The third kappa shape index (κ3) is 11.7. The van der Waals surface area contributed by atoms with Gasteiger partial charge in [0.05, 0.1) is 60.4 Å².